The van der Waals surface area contributed by atoms with Gasteiger partial charge >= 0.3 is 5.97 Å². The van der Waals surface area contributed by atoms with Crippen molar-refractivity contribution < 1.29 is 19.2 Å². The van der Waals surface area contributed by atoms with Gasteiger partial charge in [-0.15, -0.1) is 0 Å². The Balaban J connectivity index is 1.46. The van der Waals surface area contributed by atoms with E-state index in [2.05, 4.69) is 20.8 Å². The predicted octanol–water partition coefficient (Wildman–Crippen LogP) is 4.13. The molecule has 27 heavy (non-hydrogen) atoms. The molecule has 1 aliphatic heterocycles. The number of benzene rings is 1. The molecule has 5 heteroatoms. The summed E-state index contributed by atoms with van der Waals surface area (Å²) in [5.74, 6) is -1.49. The quantitative estimate of drug-likeness (QED) is 0.738. The van der Waals surface area contributed by atoms with Gasteiger partial charge < -0.3 is 4.84 Å². The first-order valence-corrected chi connectivity index (χ1v) is 9.77. The normalized spacial score (nSPS) is 41.8. The molecule has 4 bridgehead atoms. The van der Waals surface area contributed by atoms with E-state index in [9.17, 15) is 14.4 Å². The SMILES string of the molecule is CC12CC3(C)CC(C)(C1)CC(C(=O)ON1C(=O)c4ccccc4C1=O)(C2)C3. The van der Waals surface area contributed by atoms with Gasteiger partial charge in [0.2, 0.25) is 0 Å². The molecule has 1 aromatic rings. The van der Waals surface area contributed by atoms with Gasteiger partial charge in [-0.3, -0.25) is 9.59 Å². The van der Waals surface area contributed by atoms with Gasteiger partial charge in [-0.1, -0.05) is 38.0 Å². The highest BCUT2D eigenvalue weighted by Gasteiger charge is 2.67. The van der Waals surface area contributed by atoms with Crippen LogP contribution in [0, 0.1) is 21.7 Å². The van der Waals surface area contributed by atoms with E-state index >= 15 is 0 Å². The Hall–Kier alpha value is -2.17. The molecule has 0 aromatic heterocycles. The Bertz CT molecular complexity index is 815. The van der Waals surface area contributed by atoms with Crippen LogP contribution >= 0.6 is 0 Å². The number of hydrogen-bond donors (Lipinski definition) is 0. The number of carbonyl (C=O) groups excluding carboxylic acids is 3. The van der Waals surface area contributed by atoms with Gasteiger partial charge in [0.25, 0.3) is 11.8 Å². The second kappa shape index (κ2) is 4.81. The molecular weight excluding hydrogens is 342 g/mol. The fraction of sp³-hybridized carbons (Fsp3) is 0.591. The number of fused-ring (bicyclic) bond motifs is 1. The standard InChI is InChI=1S/C22H25NO4/c1-19-8-20(2)10-21(3,9-19)13-22(11-19,12-20)18(26)27-23-16(24)14-6-4-5-7-15(14)17(23)25/h4-7H,8-13H2,1-3H3. The molecule has 4 aliphatic carbocycles. The number of hydrogen-bond acceptors (Lipinski definition) is 4. The molecule has 5 aliphatic rings. The zero-order valence-electron chi connectivity index (χ0n) is 16.1. The monoisotopic (exact) mass is 367 g/mol. The van der Waals surface area contributed by atoms with E-state index in [-0.39, 0.29) is 16.2 Å². The lowest BCUT2D eigenvalue weighted by molar-refractivity contribution is -0.223. The summed E-state index contributed by atoms with van der Waals surface area (Å²) in [7, 11) is 0. The highest BCUT2D eigenvalue weighted by Crippen LogP contribution is 2.73. The van der Waals surface area contributed by atoms with Crippen LogP contribution in [0.25, 0.3) is 0 Å². The summed E-state index contributed by atoms with van der Waals surface area (Å²) in [5, 5.41) is 0.679. The second-order valence-electron chi connectivity index (χ2n) is 10.6. The highest BCUT2D eigenvalue weighted by molar-refractivity contribution is 6.20. The van der Waals surface area contributed by atoms with E-state index in [1.165, 1.54) is 0 Å². The topological polar surface area (TPSA) is 63.7 Å². The molecule has 0 spiro atoms. The molecule has 1 aromatic carbocycles. The third-order valence-electron chi connectivity index (χ3n) is 7.22. The van der Waals surface area contributed by atoms with Gasteiger partial charge in [0.15, 0.2) is 0 Å². The van der Waals surface area contributed by atoms with Crippen LogP contribution in [-0.4, -0.2) is 22.8 Å². The Labute approximate surface area is 159 Å². The number of hydroxylamine groups is 2. The molecule has 5 nitrogen and oxygen atoms in total. The lowest BCUT2D eigenvalue weighted by Gasteiger charge is -2.67. The van der Waals surface area contributed by atoms with Crippen molar-refractivity contribution in [1.29, 1.82) is 0 Å². The van der Waals surface area contributed by atoms with Gasteiger partial charge in [0.1, 0.15) is 0 Å². The lowest BCUT2D eigenvalue weighted by Crippen LogP contribution is -2.61. The zero-order valence-corrected chi connectivity index (χ0v) is 16.1. The van der Waals surface area contributed by atoms with Crippen molar-refractivity contribution in [3.8, 4) is 0 Å². The minimum absolute atomic E-state index is 0.124. The van der Waals surface area contributed by atoms with Crippen LogP contribution < -0.4 is 0 Å². The summed E-state index contributed by atoms with van der Waals surface area (Å²) >= 11 is 0. The van der Waals surface area contributed by atoms with E-state index in [1.807, 2.05) is 0 Å². The minimum atomic E-state index is -0.595. The molecule has 142 valence electrons. The van der Waals surface area contributed by atoms with Crippen LogP contribution in [0.15, 0.2) is 24.3 Å². The molecule has 0 atom stereocenters. The highest BCUT2D eigenvalue weighted by atomic mass is 16.7. The fourth-order valence-corrected chi connectivity index (χ4v) is 7.94. The van der Waals surface area contributed by atoms with Crippen molar-refractivity contribution in [2.24, 2.45) is 21.7 Å². The summed E-state index contributed by atoms with van der Waals surface area (Å²) in [4.78, 5) is 44.1. The summed E-state index contributed by atoms with van der Waals surface area (Å²) in [6, 6.07) is 6.60. The molecule has 0 radical (unpaired) electrons. The molecule has 6 rings (SSSR count). The molecule has 4 fully saturated rings. The Morgan fingerprint density at radius 1 is 0.815 bits per heavy atom. The maximum Gasteiger partial charge on any atom is 0.339 e. The van der Waals surface area contributed by atoms with E-state index in [0.717, 1.165) is 38.5 Å². The smallest absolute Gasteiger partial charge is 0.329 e. The number of nitrogens with zero attached hydrogens (tertiary/aromatic N) is 1. The second-order valence-corrected chi connectivity index (χ2v) is 10.6. The number of amides is 2. The van der Waals surface area contributed by atoms with Crippen molar-refractivity contribution >= 4 is 17.8 Å². The molecule has 1 heterocycles. The summed E-state index contributed by atoms with van der Waals surface area (Å²) in [6.07, 6.45) is 5.76. The zero-order chi connectivity index (χ0) is 19.2. The Kier molecular flexibility index (Phi) is 3.02. The van der Waals surface area contributed by atoms with Gasteiger partial charge in [-0.2, -0.15) is 0 Å². The van der Waals surface area contributed by atoms with Crippen LogP contribution in [0.3, 0.4) is 0 Å². The first-order chi connectivity index (χ1) is 12.6. The molecule has 0 N–H and O–H groups in total. The third-order valence-corrected chi connectivity index (χ3v) is 7.22. The molecule has 0 unspecified atom stereocenters. The van der Waals surface area contributed by atoms with Crippen molar-refractivity contribution in [1.82, 2.24) is 5.06 Å². The van der Waals surface area contributed by atoms with E-state index in [4.69, 9.17) is 4.84 Å². The predicted molar refractivity (Wildman–Crippen MR) is 97.5 cm³/mol. The molecule has 2 amide bonds. The molecular formula is C22H25NO4. The Morgan fingerprint density at radius 2 is 1.22 bits per heavy atom. The van der Waals surface area contributed by atoms with E-state index < -0.39 is 23.2 Å². The fourth-order valence-electron chi connectivity index (χ4n) is 7.94. The van der Waals surface area contributed by atoms with E-state index in [1.54, 1.807) is 24.3 Å². The minimum Gasteiger partial charge on any atom is -0.329 e. The van der Waals surface area contributed by atoms with Crippen LogP contribution in [0.4, 0.5) is 0 Å². The van der Waals surface area contributed by atoms with Gasteiger partial charge in [0.05, 0.1) is 16.5 Å². The average Bonchev–Trinajstić information content (AvgIpc) is 2.76. The van der Waals surface area contributed by atoms with Crippen LogP contribution in [0.2, 0.25) is 0 Å². The van der Waals surface area contributed by atoms with Crippen molar-refractivity contribution in [2.75, 3.05) is 0 Å². The van der Waals surface area contributed by atoms with Crippen molar-refractivity contribution in [3.63, 3.8) is 0 Å². The maximum absolute atomic E-state index is 13.4. The molecule has 4 saturated carbocycles. The Morgan fingerprint density at radius 3 is 1.63 bits per heavy atom. The summed E-state index contributed by atoms with van der Waals surface area (Å²) in [5.41, 5.74) is 0.374. The van der Waals surface area contributed by atoms with Gasteiger partial charge in [0, 0.05) is 0 Å². The first-order valence-electron chi connectivity index (χ1n) is 9.77. The van der Waals surface area contributed by atoms with Crippen LogP contribution in [0.5, 0.6) is 0 Å². The van der Waals surface area contributed by atoms with Crippen molar-refractivity contribution in [3.05, 3.63) is 35.4 Å². The van der Waals surface area contributed by atoms with Crippen LogP contribution in [-0.2, 0) is 9.63 Å². The number of imide groups is 1. The lowest BCUT2D eigenvalue weighted by atomic mass is 9.36. The van der Waals surface area contributed by atoms with Crippen molar-refractivity contribution in [2.45, 2.75) is 59.3 Å². The molecule has 0 saturated heterocycles. The number of carbonyl (C=O) groups is 3. The summed E-state index contributed by atoms with van der Waals surface area (Å²) < 4.78 is 0. The van der Waals surface area contributed by atoms with Gasteiger partial charge in [-0.25, -0.2) is 4.79 Å². The van der Waals surface area contributed by atoms with Crippen LogP contribution in [0.1, 0.15) is 80.0 Å². The number of rotatable bonds is 2. The largest absolute Gasteiger partial charge is 0.339 e. The maximum atomic E-state index is 13.4. The third kappa shape index (κ3) is 2.26. The average molecular weight is 367 g/mol. The summed E-state index contributed by atoms with van der Waals surface area (Å²) in [6.45, 7) is 6.85. The van der Waals surface area contributed by atoms with Gasteiger partial charge in [-0.05, 0) is 66.9 Å². The van der Waals surface area contributed by atoms with E-state index in [0.29, 0.717) is 16.2 Å². The first kappa shape index (κ1) is 17.0.